The molecule has 1 aromatic heterocycles. The van der Waals surface area contributed by atoms with E-state index in [4.69, 9.17) is 9.68 Å². The average molecular weight is 329 g/mol. The van der Waals surface area contributed by atoms with Gasteiger partial charge in [-0.3, -0.25) is 0 Å². The molecule has 3 nitrogen and oxygen atoms in total. The van der Waals surface area contributed by atoms with Crippen LogP contribution < -0.4 is 0 Å². The minimum atomic E-state index is -4.50. The van der Waals surface area contributed by atoms with Crippen LogP contribution in [-0.2, 0) is 6.18 Å². The van der Waals surface area contributed by atoms with Crippen molar-refractivity contribution >= 4 is 0 Å². The summed E-state index contributed by atoms with van der Waals surface area (Å²) in [5.41, 5.74) is -0.311. The zero-order valence-corrected chi connectivity index (χ0v) is 12.1. The molecular formula is C18H10F3NO2. The van der Waals surface area contributed by atoms with Gasteiger partial charge in [0.05, 0.1) is 22.8 Å². The Bertz CT molecular complexity index is 936. The third-order valence-electron chi connectivity index (χ3n) is 3.50. The number of phenols is 1. The molecule has 0 saturated carbocycles. The molecule has 0 saturated heterocycles. The highest BCUT2D eigenvalue weighted by Crippen LogP contribution is 2.39. The van der Waals surface area contributed by atoms with Gasteiger partial charge in [-0.1, -0.05) is 18.2 Å². The maximum Gasteiger partial charge on any atom is 0.417 e. The summed E-state index contributed by atoms with van der Waals surface area (Å²) in [6.07, 6.45) is -4.50. The Hall–Kier alpha value is -3.20. The fraction of sp³-hybridized carbons (Fsp3) is 0.0556. The lowest BCUT2D eigenvalue weighted by atomic mass is 10.1. The Labute approximate surface area is 135 Å². The quantitative estimate of drug-likeness (QED) is 0.702. The Morgan fingerprint density at radius 1 is 0.917 bits per heavy atom. The van der Waals surface area contributed by atoms with Crippen molar-refractivity contribution in [3.8, 4) is 34.5 Å². The Balaban J connectivity index is 2.06. The van der Waals surface area contributed by atoms with Gasteiger partial charge in [-0.2, -0.15) is 18.4 Å². The molecule has 0 atom stereocenters. The molecule has 0 aliphatic rings. The molecule has 0 aliphatic heterocycles. The van der Waals surface area contributed by atoms with Crippen LogP contribution in [0.4, 0.5) is 13.2 Å². The number of aromatic hydroxyl groups is 1. The summed E-state index contributed by atoms with van der Waals surface area (Å²) in [6.45, 7) is 0. The minimum Gasteiger partial charge on any atom is -0.507 e. The van der Waals surface area contributed by atoms with Crippen molar-refractivity contribution in [1.82, 2.24) is 0 Å². The number of furan rings is 1. The monoisotopic (exact) mass is 329 g/mol. The molecule has 0 aliphatic carbocycles. The van der Waals surface area contributed by atoms with Gasteiger partial charge >= 0.3 is 6.18 Å². The summed E-state index contributed by atoms with van der Waals surface area (Å²) in [5.74, 6) is 0.0738. The molecule has 0 unspecified atom stereocenters. The first-order valence-corrected chi connectivity index (χ1v) is 6.90. The Kier molecular flexibility index (Phi) is 3.78. The van der Waals surface area contributed by atoms with Crippen LogP contribution in [0.15, 0.2) is 59.0 Å². The second kappa shape index (κ2) is 5.78. The van der Waals surface area contributed by atoms with Gasteiger partial charge < -0.3 is 9.52 Å². The molecule has 6 heteroatoms. The van der Waals surface area contributed by atoms with Gasteiger partial charge in [-0.25, -0.2) is 0 Å². The summed E-state index contributed by atoms with van der Waals surface area (Å²) in [6, 6.07) is 14.1. The second-order valence-electron chi connectivity index (χ2n) is 5.05. The highest BCUT2D eigenvalue weighted by molar-refractivity contribution is 5.71. The van der Waals surface area contributed by atoms with Crippen LogP contribution in [0.2, 0.25) is 0 Å². The largest absolute Gasteiger partial charge is 0.507 e. The molecule has 3 rings (SSSR count). The maximum atomic E-state index is 13.1. The third kappa shape index (κ3) is 2.84. The number of hydrogen-bond acceptors (Lipinski definition) is 3. The molecule has 0 bridgehead atoms. The van der Waals surface area contributed by atoms with Crippen LogP contribution >= 0.6 is 0 Å². The number of alkyl halides is 3. The summed E-state index contributed by atoms with van der Waals surface area (Å²) < 4.78 is 44.8. The number of hydrogen-bond donors (Lipinski definition) is 1. The van der Waals surface area contributed by atoms with Gasteiger partial charge in [0.25, 0.3) is 0 Å². The SMILES string of the molecule is N#Cc1ccc(-c2ccc(-c3ccccc3C(F)(F)F)o2)c(O)c1. The number of rotatable bonds is 2. The van der Waals surface area contributed by atoms with Crippen LogP contribution in [0.3, 0.4) is 0 Å². The second-order valence-corrected chi connectivity index (χ2v) is 5.05. The highest BCUT2D eigenvalue weighted by Gasteiger charge is 2.34. The van der Waals surface area contributed by atoms with Gasteiger partial charge in [0, 0.05) is 5.56 Å². The maximum absolute atomic E-state index is 13.1. The first-order valence-electron chi connectivity index (χ1n) is 6.90. The van der Waals surface area contributed by atoms with Crippen molar-refractivity contribution < 1.29 is 22.7 Å². The predicted octanol–water partition coefficient (Wildman–Crippen LogP) is 5.21. The molecule has 0 fully saturated rings. The van der Waals surface area contributed by atoms with Gasteiger partial charge in [-0.15, -0.1) is 0 Å². The molecule has 0 spiro atoms. The van der Waals surface area contributed by atoms with Crippen LogP contribution in [0.1, 0.15) is 11.1 Å². The van der Waals surface area contributed by atoms with Crippen molar-refractivity contribution in [2.45, 2.75) is 6.18 Å². The number of nitrogens with zero attached hydrogens (tertiary/aromatic N) is 1. The van der Waals surface area contributed by atoms with Crippen molar-refractivity contribution in [3.63, 3.8) is 0 Å². The lowest BCUT2D eigenvalue weighted by Gasteiger charge is -2.10. The van der Waals surface area contributed by atoms with E-state index in [2.05, 4.69) is 0 Å². The molecule has 2 aromatic carbocycles. The van der Waals surface area contributed by atoms with Crippen LogP contribution in [0, 0.1) is 11.3 Å². The van der Waals surface area contributed by atoms with Crippen molar-refractivity contribution in [2.24, 2.45) is 0 Å². The number of phenolic OH excluding ortho intramolecular Hbond substituents is 1. The van der Waals surface area contributed by atoms with Crippen LogP contribution in [0.25, 0.3) is 22.6 Å². The zero-order chi connectivity index (χ0) is 17.3. The third-order valence-corrected chi connectivity index (χ3v) is 3.50. The summed E-state index contributed by atoms with van der Waals surface area (Å²) in [7, 11) is 0. The van der Waals surface area contributed by atoms with E-state index < -0.39 is 11.7 Å². The van der Waals surface area contributed by atoms with E-state index in [1.165, 1.54) is 48.5 Å². The Morgan fingerprint density at radius 2 is 1.58 bits per heavy atom. The standard InChI is InChI=1S/C18H10F3NO2/c19-18(20,21)14-4-2-1-3-12(14)16-7-8-17(24-16)13-6-5-11(10-22)9-15(13)23/h1-9,23H. The van der Waals surface area contributed by atoms with Crippen LogP contribution in [-0.4, -0.2) is 5.11 Å². The van der Waals surface area contributed by atoms with E-state index in [0.29, 0.717) is 5.56 Å². The summed E-state index contributed by atoms with van der Waals surface area (Å²) in [4.78, 5) is 0. The molecule has 3 aromatic rings. The highest BCUT2D eigenvalue weighted by atomic mass is 19.4. The fourth-order valence-electron chi connectivity index (χ4n) is 2.38. The summed E-state index contributed by atoms with van der Waals surface area (Å²) >= 11 is 0. The number of nitriles is 1. The molecular weight excluding hydrogens is 319 g/mol. The van der Waals surface area contributed by atoms with Gasteiger partial charge in [0.1, 0.15) is 17.3 Å². The normalized spacial score (nSPS) is 11.2. The van der Waals surface area contributed by atoms with Crippen molar-refractivity contribution in [3.05, 3.63) is 65.7 Å². The molecule has 24 heavy (non-hydrogen) atoms. The minimum absolute atomic E-state index is 0.0432. The van der Waals surface area contributed by atoms with Gasteiger partial charge in [0.15, 0.2) is 0 Å². The van der Waals surface area contributed by atoms with E-state index in [9.17, 15) is 18.3 Å². The van der Waals surface area contributed by atoms with Gasteiger partial charge in [-0.05, 0) is 36.4 Å². The first-order chi connectivity index (χ1) is 11.4. The molecule has 1 N–H and O–H groups in total. The van der Waals surface area contributed by atoms with Gasteiger partial charge in [0.2, 0.25) is 0 Å². The molecule has 0 radical (unpaired) electrons. The van der Waals surface area contributed by atoms with E-state index >= 15 is 0 Å². The fourth-order valence-corrected chi connectivity index (χ4v) is 2.38. The van der Waals surface area contributed by atoms with E-state index in [1.54, 1.807) is 0 Å². The predicted molar refractivity (Wildman–Crippen MR) is 81.0 cm³/mol. The molecule has 1 heterocycles. The van der Waals surface area contributed by atoms with Crippen molar-refractivity contribution in [1.29, 1.82) is 5.26 Å². The topological polar surface area (TPSA) is 57.2 Å². The van der Waals surface area contributed by atoms with E-state index in [0.717, 1.165) is 6.07 Å². The molecule has 120 valence electrons. The molecule has 0 amide bonds. The van der Waals surface area contributed by atoms with E-state index in [-0.39, 0.29) is 28.4 Å². The lowest BCUT2D eigenvalue weighted by Crippen LogP contribution is -2.06. The smallest absolute Gasteiger partial charge is 0.417 e. The van der Waals surface area contributed by atoms with Crippen molar-refractivity contribution in [2.75, 3.05) is 0 Å². The van der Waals surface area contributed by atoms with Crippen LogP contribution in [0.5, 0.6) is 5.75 Å². The summed E-state index contributed by atoms with van der Waals surface area (Å²) in [5, 5.41) is 18.7. The number of benzene rings is 2. The average Bonchev–Trinajstić information content (AvgIpc) is 3.03. The van der Waals surface area contributed by atoms with E-state index in [1.807, 2.05) is 6.07 Å². The first kappa shape index (κ1) is 15.7. The zero-order valence-electron chi connectivity index (χ0n) is 12.1. The number of halogens is 3. The Morgan fingerprint density at radius 3 is 2.21 bits per heavy atom. The lowest BCUT2D eigenvalue weighted by molar-refractivity contribution is -0.137.